The molecule has 0 radical (unpaired) electrons. The fourth-order valence-corrected chi connectivity index (χ4v) is 9.64. The van der Waals surface area contributed by atoms with Crippen LogP contribution in [0.1, 0.15) is 260 Å². The summed E-state index contributed by atoms with van der Waals surface area (Å²) >= 11 is 0. The molecule has 6 atom stereocenters. The SMILES string of the molecule is CCCCCCCCCCCCCCCCCCC(O)[C@@](C)(O)[C@]1(O)C(C)(C)[C@@]1(O)[C@](C)(O)C(O)CCCCCCCCCCCCCCCCCC. The summed E-state index contributed by atoms with van der Waals surface area (Å²) in [5.41, 5.74) is -9.88. The Balaban J connectivity index is 2.29. The van der Waals surface area contributed by atoms with Crippen LogP contribution >= 0.6 is 0 Å². The van der Waals surface area contributed by atoms with Crippen molar-refractivity contribution in [3.05, 3.63) is 0 Å². The van der Waals surface area contributed by atoms with E-state index >= 15 is 0 Å². The number of aliphatic hydroxyl groups excluding tert-OH is 2. The molecule has 6 nitrogen and oxygen atoms in total. The third kappa shape index (κ3) is 15.6. The molecule has 6 heteroatoms. The Morgan fingerprint density at radius 1 is 0.358 bits per heavy atom. The van der Waals surface area contributed by atoms with Gasteiger partial charge >= 0.3 is 0 Å². The Hall–Kier alpha value is -0.240. The summed E-state index contributed by atoms with van der Waals surface area (Å²) in [4.78, 5) is 0. The van der Waals surface area contributed by atoms with Crippen molar-refractivity contribution in [2.45, 2.75) is 294 Å². The van der Waals surface area contributed by atoms with Crippen LogP contribution < -0.4 is 0 Å². The highest BCUT2D eigenvalue weighted by atomic mass is 16.5. The zero-order chi connectivity index (χ0) is 39.7. The predicted molar refractivity (Wildman–Crippen MR) is 225 cm³/mol. The Morgan fingerprint density at radius 2 is 0.528 bits per heavy atom. The topological polar surface area (TPSA) is 121 Å². The van der Waals surface area contributed by atoms with E-state index < -0.39 is 40.0 Å². The first-order valence-corrected chi connectivity index (χ1v) is 23.5. The molecule has 0 heterocycles. The fraction of sp³-hybridized carbons (Fsp3) is 1.00. The van der Waals surface area contributed by atoms with Gasteiger partial charge in [-0.05, 0) is 26.7 Å². The minimum Gasteiger partial charge on any atom is -0.390 e. The largest absolute Gasteiger partial charge is 0.390 e. The van der Waals surface area contributed by atoms with E-state index in [2.05, 4.69) is 13.8 Å². The van der Waals surface area contributed by atoms with Crippen molar-refractivity contribution in [2.24, 2.45) is 5.41 Å². The second kappa shape index (κ2) is 27.4. The summed E-state index contributed by atoms with van der Waals surface area (Å²) in [5, 5.41) is 69.2. The van der Waals surface area contributed by atoms with Gasteiger partial charge in [-0.1, -0.05) is 233 Å². The normalized spacial score (nSPS) is 23.1. The van der Waals surface area contributed by atoms with Gasteiger partial charge in [-0.3, -0.25) is 0 Å². The number of hydrogen-bond acceptors (Lipinski definition) is 6. The van der Waals surface area contributed by atoms with Gasteiger partial charge in [0.15, 0.2) is 0 Å². The minimum absolute atomic E-state index is 0.295. The summed E-state index contributed by atoms with van der Waals surface area (Å²) in [6.45, 7) is 10.5. The molecule has 0 amide bonds. The van der Waals surface area contributed by atoms with Crippen LogP contribution in [0.4, 0.5) is 0 Å². The van der Waals surface area contributed by atoms with Gasteiger partial charge in [0.25, 0.3) is 0 Å². The van der Waals surface area contributed by atoms with Gasteiger partial charge < -0.3 is 30.6 Å². The zero-order valence-electron chi connectivity index (χ0n) is 36.4. The Labute approximate surface area is 329 Å². The van der Waals surface area contributed by atoms with Crippen LogP contribution in [0.25, 0.3) is 0 Å². The van der Waals surface area contributed by atoms with Crippen molar-refractivity contribution >= 4 is 0 Å². The molecular weight excluding hydrogens is 661 g/mol. The van der Waals surface area contributed by atoms with Gasteiger partial charge in [-0.25, -0.2) is 0 Å². The summed E-state index contributed by atoms with van der Waals surface area (Å²) in [5.74, 6) is 0. The molecular formula is C47H94O6. The first kappa shape index (κ1) is 50.8. The van der Waals surface area contributed by atoms with Gasteiger partial charge in [-0.15, -0.1) is 0 Å². The van der Waals surface area contributed by atoms with Crippen molar-refractivity contribution < 1.29 is 30.6 Å². The van der Waals surface area contributed by atoms with Crippen LogP contribution in [-0.2, 0) is 0 Å². The lowest BCUT2D eigenvalue weighted by atomic mass is 9.78. The Kier molecular flexibility index (Phi) is 26.3. The molecule has 53 heavy (non-hydrogen) atoms. The van der Waals surface area contributed by atoms with E-state index in [0.717, 1.165) is 25.7 Å². The summed E-state index contributed by atoms with van der Waals surface area (Å²) in [6.07, 6.45) is 38.1. The van der Waals surface area contributed by atoms with Crippen LogP contribution in [0.15, 0.2) is 0 Å². The monoisotopic (exact) mass is 755 g/mol. The molecule has 0 aliphatic heterocycles. The first-order chi connectivity index (χ1) is 25.2. The number of rotatable bonds is 38. The molecule has 0 spiro atoms. The minimum atomic E-state index is -2.19. The van der Waals surface area contributed by atoms with Crippen LogP contribution in [0.3, 0.4) is 0 Å². The van der Waals surface area contributed by atoms with E-state index in [9.17, 15) is 30.6 Å². The van der Waals surface area contributed by atoms with E-state index in [4.69, 9.17) is 0 Å². The van der Waals surface area contributed by atoms with Gasteiger partial charge in [0, 0.05) is 5.41 Å². The highest BCUT2D eigenvalue weighted by Crippen LogP contribution is 2.74. The molecule has 1 rings (SSSR count). The number of aliphatic hydroxyl groups is 6. The molecule has 0 aromatic rings. The third-order valence-corrected chi connectivity index (χ3v) is 13.7. The summed E-state index contributed by atoms with van der Waals surface area (Å²) in [6, 6.07) is 0. The second-order valence-electron chi connectivity index (χ2n) is 18.6. The maximum absolute atomic E-state index is 11.9. The average Bonchev–Trinajstić information content (AvgIpc) is 3.51. The molecule has 1 aliphatic rings. The van der Waals surface area contributed by atoms with E-state index in [0.29, 0.717) is 25.7 Å². The number of hydrogen-bond donors (Lipinski definition) is 6. The van der Waals surface area contributed by atoms with Gasteiger partial charge in [0.1, 0.15) is 22.4 Å². The summed E-state index contributed by atoms with van der Waals surface area (Å²) < 4.78 is 0. The molecule has 1 fully saturated rings. The quantitative estimate of drug-likeness (QED) is 0.0349. The van der Waals surface area contributed by atoms with Crippen molar-refractivity contribution in [2.75, 3.05) is 0 Å². The standard InChI is InChI=1S/C47H94O6/c1-7-9-11-13-15-17-19-21-23-25-27-29-31-33-35-37-39-41(48)44(5,50)46(52)43(3,4)47(46,53)45(6,51)42(49)40-38-36-34-32-30-28-26-24-22-20-18-16-14-12-10-8-2/h41-42,48-53H,7-40H2,1-6H3/t41?,42?,44-,45-,46-,47-/m1/s1. The Morgan fingerprint density at radius 3 is 0.717 bits per heavy atom. The van der Waals surface area contributed by atoms with E-state index in [-0.39, 0.29) is 0 Å². The van der Waals surface area contributed by atoms with Crippen molar-refractivity contribution in [3.63, 3.8) is 0 Å². The van der Waals surface area contributed by atoms with Gasteiger partial charge in [0.2, 0.25) is 0 Å². The molecule has 2 unspecified atom stereocenters. The molecule has 1 aliphatic carbocycles. The van der Waals surface area contributed by atoms with E-state index in [1.54, 1.807) is 13.8 Å². The number of unbranched alkanes of at least 4 members (excludes halogenated alkanes) is 30. The lowest BCUT2D eigenvalue weighted by molar-refractivity contribution is -0.224. The first-order valence-electron chi connectivity index (χ1n) is 23.5. The molecule has 0 saturated heterocycles. The van der Waals surface area contributed by atoms with Gasteiger partial charge in [-0.2, -0.15) is 0 Å². The molecule has 6 N–H and O–H groups in total. The van der Waals surface area contributed by atoms with Crippen LogP contribution in [0, 0.1) is 5.41 Å². The third-order valence-electron chi connectivity index (χ3n) is 13.7. The lowest BCUT2D eigenvalue weighted by Gasteiger charge is -2.42. The average molecular weight is 755 g/mol. The van der Waals surface area contributed by atoms with Crippen LogP contribution in [-0.4, -0.2) is 65.3 Å². The predicted octanol–water partition coefficient (Wildman–Crippen LogP) is 12.0. The molecule has 0 aromatic heterocycles. The maximum atomic E-state index is 11.9. The van der Waals surface area contributed by atoms with Crippen LogP contribution in [0.5, 0.6) is 0 Å². The van der Waals surface area contributed by atoms with Crippen molar-refractivity contribution in [3.8, 4) is 0 Å². The van der Waals surface area contributed by atoms with Crippen molar-refractivity contribution in [1.82, 2.24) is 0 Å². The Bertz CT molecular complexity index is 805. The van der Waals surface area contributed by atoms with Gasteiger partial charge in [0.05, 0.1) is 12.2 Å². The summed E-state index contributed by atoms with van der Waals surface area (Å²) in [7, 11) is 0. The molecule has 0 bridgehead atoms. The molecule has 318 valence electrons. The lowest BCUT2D eigenvalue weighted by Crippen LogP contribution is -2.63. The van der Waals surface area contributed by atoms with E-state index in [1.165, 1.54) is 181 Å². The second-order valence-corrected chi connectivity index (χ2v) is 18.6. The van der Waals surface area contributed by atoms with Crippen LogP contribution in [0.2, 0.25) is 0 Å². The highest BCUT2D eigenvalue weighted by Gasteiger charge is 2.93. The zero-order valence-corrected chi connectivity index (χ0v) is 36.4. The van der Waals surface area contributed by atoms with E-state index in [1.807, 2.05) is 0 Å². The fourth-order valence-electron chi connectivity index (χ4n) is 9.64. The smallest absolute Gasteiger partial charge is 0.136 e. The van der Waals surface area contributed by atoms with Crippen molar-refractivity contribution in [1.29, 1.82) is 0 Å². The maximum Gasteiger partial charge on any atom is 0.136 e. The molecule has 0 aromatic carbocycles. The molecule has 1 saturated carbocycles. The highest BCUT2D eigenvalue weighted by molar-refractivity contribution is 5.43.